The second-order valence-corrected chi connectivity index (χ2v) is 7.00. The quantitative estimate of drug-likeness (QED) is 0.299. The number of halogens is 2. The Morgan fingerprint density at radius 2 is 1.84 bits per heavy atom. The van der Waals surface area contributed by atoms with Crippen LogP contribution in [0, 0.1) is 11.6 Å². The highest BCUT2D eigenvalue weighted by Gasteiger charge is 2.13. The van der Waals surface area contributed by atoms with Gasteiger partial charge in [0.2, 0.25) is 0 Å². The summed E-state index contributed by atoms with van der Waals surface area (Å²) in [6.45, 7) is 0.299. The van der Waals surface area contributed by atoms with Crippen LogP contribution in [0.25, 0.3) is 10.9 Å². The minimum absolute atomic E-state index is 0.0749. The second-order valence-electron chi connectivity index (χ2n) is 7.00. The number of rotatable bonds is 7. The van der Waals surface area contributed by atoms with E-state index in [4.69, 9.17) is 19.3 Å². The first kappa shape index (κ1) is 21.2. The van der Waals surface area contributed by atoms with Crippen molar-refractivity contribution < 1.29 is 32.9 Å². The smallest absolute Gasteiger partial charge is 0.497 e. The number of methoxy groups -OCH3 is 1. The van der Waals surface area contributed by atoms with Crippen molar-refractivity contribution in [2.24, 2.45) is 0 Å². The molecule has 0 unspecified atom stereocenters. The monoisotopic (exact) mass is 439 g/mol. The number of benzene rings is 3. The van der Waals surface area contributed by atoms with Gasteiger partial charge in [0.25, 0.3) is 0 Å². The molecule has 6 nitrogen and oxygen atoms in total. The number of nitrogens with zero attached hydrogens (tertiary/aromatic N) is 1. The van der Waals surface area contributed by atoms with E-state index in [0.29, 0.717) is 23.4 Å². The van der Waals surface area contributed by atoms with Gasteiger partial charge in [-0.05, 0) is 48.5 Å². The van der Waals surface area contributed by atoms with Crippen molar-refractivity contribution in [3.05, 3.63) is 89.6 Å². The summed E-state index contributed by atoms with van der Waals surface area (Å²) < 4.78 is 45.1. The molecule has 0 aliphatic rings. The van der Waals surface area contributed by atoms with Crippen molar-refractivity contribution in [2.75, 3.05) is 7.11 Å². The molecule has 1 N–H and O–H groups in total. The molecule has 0 bridgehead atoms. The molecule has 4 rings (SSSR count). The number of hydrogen-bond acceptors (Lipinski definition) is 4. The van der Waals surface area contributed by atoms with Crippen molar-refractivity contribution in [3.63, 3.8) is 0 Å². The van der Waals surface area contributed by atoms with Gasteiger partial charge in [0.15, 0.2) is 0 Å². The van der Waals surface area contributed by atoms with E-state index < -0.39 is 17.8 Å². The molecule has 0 saturated carbocycles. The van der Waals surface area contributed by atoms with Crippen LogP contribution in [0.15, 0.2) is 66.9 Å². The van der Waals surface area contributed by atoms with Crippen LogP contribution in [0.5, 0.6) is 17.2 Å². The maximum Gasteiger partial charge on any atom is 0.511 e. The minimum Gasteiger partial charge on any atom is -0.497 e. The van der Waals surface area contributed by atoms with Crippen LogP contribution in [0.2, 0.25) is 0 Å². The van der Waals surface area contributed by atoms with Crippen LogP contribution < -0.4 is 14.2 Å². The van der Waals surface area contributed by atoms with E-state index in [-0.39, 0.29) is 17.9 Å². The minimum atomic E-state index is -1.39. The molecule has 0 spiro atoms. The SMILES string of the molecule is COc1ccc(OCc2ccc(F)cc2F)c(Cn2ccc3c(OC(=O)O)cccc32)c1. The Labute approximate surface area is 182 Å². The lowest BCUT2D eigenvalue weighted by Gasteiger charge is -2.15. The third kappa shape index (κ3) is 4.49. The van der Waals surface area contributed by atoms with Gasteiger partial charge in [0.1, 0.15) is 35.5 Å². The second kappa shape index (κ2) is 8.97. The molecule has 3 aromatic carbocycles. The van der Waals surface area contributed by atoms with Crippen LogP contribution >= 0.6 is 0 Å². The lowest BCUT2D eigenvalue weighted by atomic mass is 10.1. The van der Waals surface area contributed by atoms with Gasteiger partial charge in [-0.15, -0.1) is 0 Å². The fourth-order valence-electron chi connectivity index (χ4n) is 3.44. The molecule has 0 aliphatic heterocycles. The lowest BCUT2D eigenvalue weighted by molar-refractivity contribution is 0.145. The predicted molar refractivity (Wildman–Crippen MR) is 113 cm³/mol. The summed E-state index contributed by atoms with van der Waals surface area (Å²) >= 11 is 0. The van der Waals surface area contributed by atoms with Crippen LogP contribution in [0.4, 0.5) is 13.6 Å². The Kier molecular flexibility index (Phi) is 5.93. The molecular formula is C24H19F2NO5. The Balaban J connectivity index is 1.64. The van der Waals surface area contributed by atoms with Crippen LogP contribution in [0.3, 0.4) is 0 Å². The molecular weight excluding hydrogens is 420 g/mol. The van der Waals surface area contributed by atoms with Crippen molar-refractivity contribution in [1.29, 1.82) is 0 Å². The van der Waals surface area contributed by atoms with E-state index in [9.17, 15) is 13.6 Å². The molecule has 0 amide bonds. The number of hydrogen-bond donors (Lipinski definition) is 1. The molecule has 0 saturated heterocycles. The predicted octanol–water partition coefficient (Wildman–Crippen LogP) is 5.61. The molecule has 8 heteroatoms. The van der Waals surface area contributed by atoms with E-state index in [1.165, 1.54) is 12.1 Å². The third-order valence-electron chi connectivity index (χ3n) is 4.98. The molecule has 32 heavy (non-hydrogen) atoms. The maximum atomic E-state index is 14.0. The highest BCUT2D eigenvalue weighted by atomic mass is 19.1. The Hall–Kier alpha value is -4.07. The van der Waals surface area contributed by atoms with E-state index >= 15 is 0 Å². The average molecular weight is 439 g/mol. The number of carboxylic acid groups (broad SMARTS) is 1. The Bertz CT molecular complexity index is 1280. The van der Waals surface area contributed by atoms with Crippen molar-refractivity contribution in [2.45, 2.75) is 13.2 Å². The van der Waals surface area contributed by atoms with E-state index in [0.717, 1.165) is 17.1 Å². The summed E-state index contributed by atoms with van der Waals surface area (Å²) in [5, 5.41) is 9.59. The lowest BCUT2D eigenvalue weighted by Crippen LogP contribution is -2.05. The average Bonchev–Trinajstić information content (AvgIpc) is 3.17. The fraction of sp³-hybridized carbons (Fsp3) is 0.125. The van der Waals surface area contributed by atoms with Crippen LogP contribution in [-0.4, -0.2) is 22.9 Å². The summed E-state index contributed by atoms with van der Waals surface area (Å²) in [5.41, 5.74) is 1.76. The highest BCUT2D eigenvalue weighted by Crippen LogP contribution is 2.30. The van der Waals surface area contributed by atoms with Crippen LogP contribution in [-0.2, 0) is 13.2 Å². The Morgan fingerprint density at radius 1 is 1.00 bits per heavy atom. The maximum absolute atomic E-state index is 14.0. The molecule has 0 aliphatic carbocycles. The third-order valence-corrected chi connectivity index (χ3v) is 4.98. The fourth-order valence-corrected chi connectivity index (χ4v) is 3.44. The van der Waals surface area contributed by atoms with Crippen LogP contribution in [0.1, 0.15) is 11.1 Å². The summed E-state index contributed by atoms with van der Waals surface area (Å²) in [4.78, 5) is 10.9. The van der Waals surface area contributed by atoms with Gasteiger partial charge >= 0.3 is 6.16 Å². The number of fused-ring (bicyclic) bond motifs is 1. The first-order chi connectivity index (χ1) is 15.4. The molecule has 164 valence electrons. The highest BCUT2D eigenvalue weighted by molar-refractivity contribution is 5.88. The van der Waals surface area contributed by atoms with Gasteiger partial charge in [0.05, 0.1) is 19.2 Å². The van der Waals surface area contributed by atoms with Crippen molar-refractivity contribution in [1.82, 2.24) is 4.57 Å². The first-order valence-electron chi connectivity index (χ1n) is 9.67. The Morgan fingerprint density at radius 3 is 2.59 bits per heavy atom. The summed E-state index contributed by atoms with van der Waals surface area (Å²) in [5.74, 6) is 0.0354. The van der Waals surface area contributed by atoms with E-state index in [1.54, 1.807) is 43.5 Å². The zero-order valence-corrected chi connectivity index (χ0v) is 17.0. The number of carbonyl (C=O) groups is 1. The molecule has 0 fully saturated rings. The van der Waals surface area contributed by atoms with Gasteiger partial charge in [0, 0.05) is 28.8 Å². The van der Waals surface area contributed by atoms with E-state index in [1.807, 2.05) is 16.8 Å². The normalized spacial score (nSPS) is 10.8. The van der Waals surface area contributed by atoms with Gasteiger partial charge in [-0.25, -0.2) is 13.6 Å². The van der Waals surface area contributed by atoms with Gasteiger partial charge < -0.3 is 23.9 Å². The standard InChI is InChI=1S/C24H19F2NO5/c1-30-18-7-8-22(31-14-15-5-6-17(25)12-20(15)26)16(11-18)13-27-10-9-19-21(27)3-2-4-23(19)32-24(28)29/h2-12H,13-14H2,1H3,(H,28,29). The van der Waals surface area contributed by atoms with Gasteiger partial charge in [-0.1, -0.05) is 6.07 Å². The molecule has 0 radical (unpaired) electrons. The zero-order chi connectivity index (χ0) is 22.7. The number of aromatic nitrogens is 1. The van der Waals surface area contributed by atoms with E-state index in [2.05, 4.69) is 0 Å². The van der Waals surface area contributed by atoms with Gasteiger partial charge in [-0.3, -0.25) is 0 Å². The summed E-state index contributed by atoms with van der Waals surface area (Å²) in [6.07, 6.45) is 0.421. The van der Waals surface area contributed by atoms with Gasteiger partial charge in [-0.2, -0.15) is 0 Å². The topological polar surface area (TPSA) is 69.9 Å². The molecule has 1 aromatic heterocycles. The zero-order valence-electron chi connectivity index (χ0n) is 17.0. The molecule has 4 aromatic rings. The summed E-state index contributed by atoms with van der Waals surface area (Å²) in [6, 6.07) is 15.5. The first-order valence-corrected chi connectivity index (χ1v) is 9.67. The van der Waals surface area contributed by atoms with Crippen molar-refractivity contribution in [3.8, 4) is 17.2 Å². The molecule has 0 atom stereocenters. The largest absolute Gasteiger partial charge is 0.511 e. The number of ether oxygens (including phenoxy) is 3. The summed E-state index contributed by atoms with van der Waals surface area (Å²) in [7, 11) is 1.55. The molecule has 1 heterocycles. The van der Waals surface area contributed by atoms with Crippen molar-refractivity contribution >= 4 is 17.1 Å².